The summed E-state index contributed by atoms with van der Waals surface area (Å²) >= 11 is 0. The third kappa shape index (κ3) is 4.53. The van der Waals surface area contributed by atoms with Gasteiger partial charge in [-0.2, -0.15) is 0 Å². The highest BCUT2D eigenvalue weighted by Gasteiger charge is 2.21. The number of anilines is 1. The average molecular weight is 335 g/mol. The first-order valence-corrected chi connectivity index (χ1v) is 8.06. The minimum absolute atomic E-state index is 0.0383. The molecule has 1 aromatic carbocycles. The number of benzene rings is 1. The van der Waals surface area contributed by atoms with E-state index in [9.17, 15) is 9.59 Å². The van der Waals surface area contributed by atoms with Crippen LogP contribution in [0.5, 0.6) is 0 Å². The Morgan fingerprint density at radius 2 is 2.08 bits per heavy atom. The van der Waals surface area contributed by atoms with E-state index in [2.05, 4.69) is 5.32 Å². The molecule has 2 amide bonds. The van der Waals surface area contributed by atoms with Crippen LogP contribution >= 0.6 is 0 Å². The molecule has 24 heavy (non-hydrogen) atoms. The first-order chi connectivity index (χ1) is 11.6. The average Bonchev–Trinajstić information content (AvgIpc) is 2.61. The topological polar surface area (TPSA) is 93.9 Å². The fraction of sp³-hybridized carbons (Fsp3) is 0.529. The summed E-state index contributed by atoms with van der Waals surface area (Å²) in [6, 6.07) is 5.33. The summed E-state index contributed by atoms with van der Waals surface area (Å²) in [4.78, 5) is 26.5. The van der Waals surface area contributed by atoms with Crippen LogP contribution in [0.3, 0.4) is 0 Å². The highest BCUT2D eigenvalue weighted by atomic mass is 16.5. The summed E-state index contributed by atoms with van der Waals surface area (Å²) in [5, 5.41) is 2.84. The number of carbonyl (C=O) groups is 2. The lowest BCUT2D eigenvalue weighted by molar-refractivity contribution is -0.118. The van der Waals surface area contributed by atoms with E-state index in [1.807, 2.05) is 6.92 Å². The molecule has 1 heterocycles. The molecule has 1 aliphatic rings. The van der Waals surface area contributed by atoms with E-state index in [0.717, 1.165) is 5.56 Å². The molecular weight excluding hydrogens is 310 g/mol. The van der Waals surface area contributed by atoms with Gasteiger partial charge in [-0.3, -0.25) is 9.59 Å². The Kier molecular flexibility index (Phi) is 6.72. The Balaban J connectivity index is 2.09. The zero-order valence-corrected chi connectivity index (χ0v) is 14.2. The van der Waals surface area contributed by atoms with Gasteiger partial charge >= 0.3 is 0 Å². The van der Waals surface area contributed by atoms with Crippen LogP contribution in [0.1, 0.15) is 22.3 Å². The zero-order valence-electron chi connectivity index (χ0n) is 14.2. The van der Waals surface area contributed by atoms with Gasteiger partial charge < -0.3 is 25.4 Å². The molecule has 1 fully saturated rings. The molecule has 0 bridgehead atoms. The molecule has 0 aliphatic carbocycles. The van der Waals surface area contributed by atoms with Gasteiger partial charge in [-0.15, -0.1) is 0 Å². The van der Waals surface area contributed by atoms with Gasteiger partial charge in [0.25, 0.3) is 5.91 Å². The number of ether oxygens (including phenoxy) is 2. The number of morpholine rings is 1. The lowest BCUT2D eigenvalue weighted by atomic mass is 10.0. The predicted molar refractivity (Wildman–Crippen MR) is 91.0 cm³/mol. The number of nitrogens with two attached hydrogens (primary N) is 1. The maximum atomic E-state index is 12.7. The maximum absolute atomic E-state index is 12.7. The fourth-order valence-corrected chi connectivity index (χ4v) is 2.61. The third-order valence-corrected chi connectivity index (χ3v) is 4.15. The van der Waals surface area contributed by atoms with Crippen LogP contribution in [0.25, 0.3) is 0 Å². The van der Waals surface area contributed by atoms with E-state index in [1.54, 1.807) is 23.1 Å². The molecule has 7 heteroatoms. The van der Waals surface area contributed by atoms with Crippen molar-refractivity contribution in [3.8, 4) is 0 Å². The predicted octanol–water partition coefficient (Wildman–Crippen LogP) is 0.770. The molecule has 0 saturated carbocycles. The van der Waals surface area contributed by atoms with E-state index < -0.39 is 0 Å². The first kappa shape index (κ1) is 18.4. The second kappa shape index (κ2) is 8.77. The number of methoxy groups -OCH3 is 1. The lowest BCUT2D eigenvalue weighted by Crippen LogP contribution is -2.41. The summed E-state index contributed by atoms with van der Waals surface area (Å²) in [6.45, 7) is 4.39. The summed E-state index contributed by atoms with van der Waals surface area (Å²) in [7, 11) is 1.53. The van der Waals surface area contributed by atoms with Crippen molar-refractivity contribution in [1.29, 1.82) is 0 Å². The minimum atomic E-state index is -0.316. The van der Waals surface area contributed by atoms with Crippen molar-refractivity contribution < 1.29 is 19.1 Å². The summed E-state index contributed by atoms with van der Waals surface area (Å²) < 4.78 is 10.4. The molecule has 0 radical (unpaired) electrons. The molecule has 7 nitrogen and oxygen atoms in total. The van der Waals surface area contributed by atoms with Crippen molar-refractivity contribution >= 4 is 17.5 Å². The summed E-state index contributed by atoms with van der Waals surface area (Å²) in [5.41, 5.74) is 7.51. The Hall–Kier alpha value is -1.96. The van der Waals surface area contributed by atoms with Crippen molar-refractivity contribution in [2.45, 2.75) is 19.4 Å². The molecule has 1 atom stereocenters. The SMILES string of the molecule is COC(CN)CC(=O)Nc1cccc(C(=O)N2CCOCC2)c1C. The summed E-state index contributed by atoms with van der Waals surface area (Å²) in [6.07, 6.45) is -0.142. The number of nitrogens with one attached hydrogen (secondary N) is 1. The Morgan fingerprint density at radius 3 is 2.71 bits per heavy atom. The van der Waals surface area contributed by atoms with Crippen molar-refractivity contribution in [2.75, 3.05) is 45.3 Å². The van der Waals surface area contributed by atoms with Crippen LogP contribution in [-0.4, -0.2) is 62.8 Å². The van der Waals surface area contributed by atoms with E-state index in [0.29, 0.717) is 37.6 Å². The number of hydrogen-bond acceptors (Lipinski definition) is 5. The highest BCUT2D eigenvalue weighted by molar-refractivity contribution is 5.99. The van der Waals surface area contributed by atoms with Crippen LogP contribution in [0.15, 0.2) is 18.2 Å². The Bertz CT molecular complexity index is 581. The molecule has 1 aromatic rings. The standard InChI is InChI=1S/C17H25N3O4/c1-12-14(17(22)20-6-8-24-9-7-20)4-3-5-15(12)19-16(21)10-13(11-18)23-2/h3-5,13H,6-11,18H2,1-2H3,(H,19,21). The largest absolute Gasteiger partial charge is 0.380 e. The highest BCUT2D eigenvalue weighted by Crippen LogP contribution is 2.21. The molecule has 3 N–H and O–H groups in total. The van der Waals surface area contributed by atoms with Gasteiger partial charge in [-0.1, -0.05) is 6.07 Å². The van der Waals surface area contributed by atoms with E-state index >= 15 is 0 Å². The molecular formula is C17H25N3O4. The smallest absolute Gasteiger partial charge is 0.254 e. The van der Waals surface area contributed by atoms with Crippen molar-refractivity contribution in [2.24, 2.45) is 5.73 Å². The molecule has 0 spiro atoms. The second-order valence-corrected chi connectivity index (χ2v) is 5.73. The van der Waals surface area contributed by atoms with Gasteiger partial charge in [0.15, 0.2) is 0 Å². The first-order valence-electron chi connectivity index (χ1n) is 8.06. The van der Waals surface area contributed by atoms with Gasteiger partial charge in [-0.25, -0.2) is 0 Å². The number of rotatable bonds is 6. The van der Waals surface area contributed by atoms with Gasteiger partial charge in [0, 0.05) is 38.0 Å². The normalized spacial score (nSPS) is 15.9. The van der Waals surface area contributed by atoms with Crippen LogP contribution in [0.4, 0.5) is 5.69 Å². The zero-order chi connectivity index (χ0) is 17.5. The molecule has 132 valence electrons. The second-order valence-electron chi connectivity index (χ2n) is 5.73. The quantitative estimate of drug-likeness (QED) is 0.801. The molecule has 1 aliphatic heterocycles. The summed E-state index contributed by atoms with van der Waals surface area (Å²) in [5.74, 6) is -0.227. The number of carbonyl (C=O) groups excluding carboxylic acids is 2. The monoisotopic (exact) mass is 335 g/mol. The third-order valence-electron chi connectivity index (χ3n) is 4.15. The lowest BCUT2D eigenvalue weighted by Gasteiger charge is -2.27. The van der Waals surface area contributed by atoms with Gasteiger partial charge in [0.05, 0.1) is 25.7 Å². The number of amides is 2. The molecule has 0 aromatic heterocycles. The van der Waals surface area contributed by atoms with Gasteiger partial charge in [0.2, 0.25) is 5.91 Å². The fourth-order valence-electron chi connectivity index (χ4n) is 2.61. The van der Waals surface area contributed by atoms with Crippen molar-refractivity contribution in [1.82, 2.24) is 4.90 Å². The minimum Gasteiger partial charge on any atom is -0.380 e. The van der Waals surface area contributed by atoms with Crippen LogP contribution < -0.4 is 11.1 Å². The van der Waals surface area contributed by atoms with Crippen LogP contribution in [0.2, 0.25) is 0 Å². The van der Waals surface area contributed by atoms with E-state index in [1.165, 1.54) is 7.11 Å². The van der Waals surface area contributed by atoms with Crippen molar-refractivity contribution in [3.05, 3.63) is 29.3 Å². The van der Waals surface area contributed by atoms with Crippen molar-refractivity contribution in [3.63, 3.8) is 0 Å². The number of nitrogens with zero attached hydrogens (tertiary/aromatic N) is 1. The van der Waals surface area contributed by atoms with Gasteiger partial charge in [-0.05, 0) is 24.6 Å². The van der Waals surface area contributed by atoms with E-state index in [-0.39, 0.29) is 30.9 Å². The molecule has 1 unspecified atom stereocenters. The van der Waals surface area contributed by atoms with Crippen LogP contribution in [-0.2, 0) is 14.3 Å². The maximum Gasteiger partial charge on any atom is 0.254 e. The van der Waals surface area contributed by atoms with Crippen LogP contribution in [0, 0.1) is 6.92 Å². The number of hydrogen-bond donors (Lipinski definition) is 2. The Labute approximate surface area is 142 Å². The molecule has 2 rings (SSSR count). The van der Waals surface area contributed by atoms with E-state index in [4.69, 9.17) is 15.2 Å². The molecule has 1 saturated heterocycles. The Morgan fingerprint density at radius 1 is 1.38 bits per heavy atom. The van der Waals surface area contributed by atoms with Gasteiger partial charge in [0.1, 0.15) is 0 Å².